The van der Waals surface area contributed by atoms with Crippen LogP contribution in [0.15, 0.2) is 29.3 Å². The summed E-state index contributed by atoms with van der Waals surface area (Å²) < 4.78 is 0.862. The maximum Gasteiger partial charge on any atom is 0.101 e. The summed E-state index contributed by atoms with van der Waals surface area (Å²) in [5, 5.41) is 11.8. The van der Waals surface area contributed by atoms with Gasteiger partial charge < -0.3 is 11.1 Å². The van der Waals surface area contributed by atoms with E-state index in [1.165, 1.54) is 0 Å². The SMILES string of the molecule is C=C(Br)CNc1ccc(C#N)c(N)c1. The summed E-state index contributed by atoms with van der Waals surface area (Å²) >= 11 is 3.24. The number of nitriles is 1. The van der Waals surface area contributed by atoms with E-state index in [0.29, 0.717) is 17.8 Å². The number of hydrogen-bond donors (Lipinski definition) is 2. The maximum atomic E-state index is 8.66. The van der Waals surface area contributed by atoms with Crippen molar-refractivity contribution in [2.75, 3.05) is 17.6 Å². The molecular weight excluding hydrogens is 242 g/mol. The molecule has 0 amide bonds. The monoisotopic (exact) mass is 251 g/mol. The highest BCUT2D eigenvalue weighted by atomic mass is 79.9. The highest BCUT2D eigenvalue weighted by Crippen LogP contribution is 2.17. The van der Waals surface area contributed by atoms with Gasteiger partial charge in [-0.05, 0) is 18.2 Å². The van der Waals surface area contributed by atoms with Gasteiger partial charge in [-0.2, -0.15) is 5.26 Å². The maximum absolute atomic E-state index is 8.66. The van der Waals surface area contributed by atoms with E-state index < -0.39 is 0 Å². The van der Waals surface area contributed by atoms with Crippen LogP contribution in [-0.4, -0.2) is 6.54 Å². The summed E-state index contributed by atoms with van der Waals surface area (Å²) in [6.07, 6.45) is 0. The van der Waals surface area contributed by atoms with E-state index in [-0.39, 0.29) is 0 Å². The van der Waals surface area contributed by atoms with Gasteiger partial charge in [-0.25, -0.2) is 0 Å². The zero-order valence-electron chi connectivity index (χ0n) is 7.55. The van der Waals surface area contributed by atoms with Gasteiger partial charge in [0, 0.05) is 16.7 Å². The first-order chi connectivity index (χ1) is 6.63. The Bertz CT molecular complexity index is 393. The van der Waals surface area contributed by atoms with Crippen molar-refractivity contribution in [3.63, 3.8) is 0 Å². The average Bonchev–Trinajstić information content (AvgIpc) is 2.15. The molecule has 0 saturated heterocycles. The third-order valence-electron chi connectivity index (χ3n) is 1.66. The minimum Gasteiger partial charge on any atom is -0.398 e. The van der Waals surface area contributed by atoms with Gasteiger partial charge in [-0.1, -0.05) is 22.5 Å². The van der Waals surface area contributed by atoms with Crippen LogP contribution < -0.4 is 11.1 Å². The second-order valence-corrected chi connectivity index (χ2v) is 3.91. The zero-order valence-corrected chi connectivity index (χ0v) is 9.13. The van der Waals surface area contributed by atoms with Crippen LogP contribution in [0.25, 0.3) is 0 Å². The smallest absolute Gasteiger partial charge is 0.101 e. The largest absolute Gasteiger partial charge is 0.398 e. The number of nitrogens with one attached hydrogen (secondary N) is 1. The first kappa shape index (κ1) is 10.6. The molecule has 0 saturated carbocycles. The van der Waals surface area contributed by atoms with E-state index in [1.54, 1.807) is 12.1 Å². The summed E-state index contributed by atoms with van der Waals surface area (Å²) in [6, 6.07) is 7.24. The van der Waals surface area contributed by atoms with Gasteiger partial charge in [0.15, 0.2) is 0 Å². The summed E-state index contributed by atoms with van der Waals surface area (Å²) in [5.41, 5.74) is 7.50. The number of halogens is 1. The molecule has 0 atom stereocenters. The van der Waals surface area contributed by atoms with Crippen LogP contribution >= 0.6 is 15.9 Å². The van der Waals surface area contributed by atoms with Crippen molar-refractivity contribution in [3.05, 3.63) is 34.8 Å². The van der Waals surface area contributed by atoms with Crippen LogP contribution in [0.5, 0.6) is 0 Å². The molecule has 0 aliphatic rings. The predicted molar refractivity (Wildman–Crippen MR) is 62.1 cm³/mol. The quantitative estimate of drug-likeness (QED) is 0.812. The molecule has 0 radical (unpaired) electrons. The molecule has 3 nitrogen and oxygen atoms in total. The van der Waals surface area contributed by atoms with Crippen molar-refractivity contribution in [1.29, 1.82) is 5.26 Å². The van der Waals surface area contributed by atoms with Gasteiger partial charge in [0.25, 0.3) is 0 Å². The number of anilines is 2. The molecule has 0 aromatic heterocycles. The number of nitrogens with two attached hydrogens (primary N) is 1. The summed E-state index contributed by atoms with van der Waals surface area (Å²) in [4.78, 5) is 0. The average molecular weight is 252 g/mol. The molecule has 0 aliphatic heterocycles. The Kier molecular flexibility index (Phi) is 3.55. The molecule has 1 aromatic rings. The standard InChI is InChI=1S/C10H10BrN3/c1-7(11)6-14-9-3-2-8(5-12)10(13)4-9/h2-4,14H,1,6,13H2. The van der Waals surface area contributed by atoms with Gasteiger partial charge in [0.2, 0.25) is 0 Å². The van der Waals surface area contributed by atoms with Crippen LogP contribution in [-0.2, 0) is 0 Å². The number of hydrogen-bond acceptors (Lipinski definition) is 3. The van der Waals surface area contributed by atoms with Crippen molar-refractivity contribution in [2.45, 2.75) is 0 Å². The second-order valence-electron chi connectivity index (χ2n) is 2.78. The Labute approximate surface area is 91.4 Å². The molecule has 4 heteroatoms. The molecule has 1 aromatic carbocycles. The van der Waals surface area contributed by atoms with Gasteiger partial charge in [0.05, 0.1) is 11.3 Å². The van der Waals surface area contributed by atoms with Gasteiger partial charge in [-0.15, -0.1) is 0 Å². The topological polar surface area (TPSA) is 61.8 Å². The minimum absolute atomic E-state index is 0.484. The van der Waals surface area contributed by atoms with Crippen LogP contribution in [0.1, 0.15) is 5.56 Å². The number of rotatable bonds is 3. The second kappa shape index (κ2) is 4.68. The predicted octanol–water partition coefficient (Wildman–Crippen LogP) is 2.46. The molecule has 0 aliphatic carbocycles. The summed E-state index contributed by atoms with van der Waals surface area (Å²) in [5.74, 6) is 0. The molecule has 0 heterocycles. The third-order valence-corrected chi connectivity index (χ3v) is 1.94. The summed E-state index contributed by atoms with van der Waals surface area (Å²) in [7, 11) is 0. The lowest BCUT2D eigenvalue weighted by Gasteiger charge is -2.06. The molecule has 0 spiro atoms. The van der Waals surface area contributed by atoms with E-state index in [4.69, 9.17) is 11.0 Å². The first-order valence-corrected chi connectivity index (χ1v) is 4.79. The van der Waals surface area contributed by atoms with Crippen LogP contribution in [0.4, 0.5) is 11.4 Å². The fourth-order valence-corrected chi connectivity index (χ4v) is 1.11. The van der Waals surface area contributed by atoms with Gasteiger partial charge in [0.1, 0.15) is 6.07 Å². The lowest BCUT2D eigenvalue weighted by Crippen LogP contribution is -2.01. The lowest BCUT2D eigenvalue weighted by molar-refractivity contribution is 1.32. The Morgan fingerprint density at radius 2 is 2.36 bits per heavy atom. The molecule has 72 valence electrons. The zero-order chi connectivity index (χ0) is 10.6. The molecule has 0 bridgehead atoms. The fraction of sp³-hybridized carbons (Fsp3) is 0.100. The van der Waals surface area contributed by atoms with Crippen molar-refractivity contribution in [3.8, 4) is 6.07 Å². The van der Waals surface area contributed by atoms with E-state index in [2.05, 4.69) is 27.8 Å². The van der Waals surface area contributed by atoms with Crippen LogP contribution in [0, 0.1) is 11.3 Å². The Hall–Kier alpha value is -1.47. The highest BCUT2D eigenvalue weighted by Gasteiger charge is 1.99. The lowest BCUT2D eigenvalue weighted by atomic mass is 10.2. The molecular formula is C10H10BrN3. The Morgan fingerprint density at radius 1 is 1.64 bits per heavy atom. The summed E-state index contributed by atoms with van der Waals surface area (Å²) in [6.45, 7) is 4.33. The molecule has 0 unspecified atom stereocenters. The van der Waals surface area contributed by atoms with Crippen molar-refractivity contribution in [2.24, 2.45) is 0 Å². The van der Waals surface area contributed by atoms with Gasteiger partial charge >= 0.3 is 0 Å². The minimum atomic E-state index is 0.484. The number of benzene rings is 1. The molecule has 0 fully saturated rings. The van der Waals surface area contributed by atoms with E-state index in [1.807, 2.05) is 12.1 Å². The van der Waals surface area contributed by atoms with Crippen LogP contribution in [0.2, 0.25) is 0 Å². The van der Waals surface area contributed by atoms with Crippen molar-refractivity contribution >= 4 is 27.3 Å². The van der Waals surface area contributed by atoms with Crippen LogP contribution in [0.3, 0.4) is 0 Å². The Morgan fingerprint density at radius 3 is 2.86 bits per heavy atom. The van der Waals surface area contributed by atoms with E-state index in [9.17, 15) is 0 Å². The molecule has 14 heavy (non-hydrogen) atoms. The van der Waals surface area contributed by atoms with E-state index >= 15 is 0 Å². The number of nitrogen functional groups attached to an aromatic ring is 1. The molecule has 3 N–H and O–H groups in total. The van der Waals surface area contributed by atoms with Crippen molar-refractivity contribution < 1.29 is 0 Å². The van der Waals surface area contributed by atoms with E-state index in [0.717, 1.165) is 10.2 Å². The normalized spacial score (nSPS) is 9.14. The first-order valence-electron chi connectivity index (χ1n) is 4.00. The Balaban J connectivity index is 2.77. The molecule has 1 rings (SSSR count). The fourth-order valence-electron chi connectivity index (χ4n) is 0.972. The van der Waals surface area contributed by atoms with Crippen molar-refractivity contribution in [1.82, 2.24) is 0 Å². The number of nitrogens with zero attached hydrogens (tertiary/aromatic N) is 1. The van der Waals surface area contributed by atoms with Gasteiger partial charge in [-0.3, -0.25) is 0 Å². The third kappa shape index (κ3) is 2.79. The highest BCUT2D eigenvalue weighted by molar-refractivity contribution is 9.11.